The maximum absolute atomic E-state index is 10.0. The molecule has 2 N–H and O–H groups in total. The summed E-state index contributed by atoms with van der Waals surface area (Å²) in [6.45, 7) is 3.33. The molecule has 0 fully saturated rings. The van der Waals surface area contributed by atoms with Crippen LogP contribution >= 0.6 is 0 Å². The number of nitrogens with zero attached hydrogens (tertiary/aromatic N) is 1. The van der Waals surface area contributed by atoms with E-state index in [4.69, 9.17) is 0 Å². The number of hydrogen-bond donors (Lipinski definition) is 2. The highest BCUT2D eigenvalue weighted by Crippen LogP contribution is 2.22. The highest BCUT2D eigenvalue weighted by molar-refractivity contribution is 5.16. The summed E-state index contributed by atoms with van der Waals surface area (Å²) in [4.78, 5) is 4.01. The molecule has 3 nitrogen and oxygen atoms in total. The van der Waals surface area contributed by atoms with Gasteiger partial charge in [-0.2, -0.15) is 0 Å². The van der Waals surface area contributed by atoms with E-state index in [1.807, 2.05) is 0 Å². The summed E-state index contributed by atoms with van der Waals surface area (Å²) in [5.74, 6) is 0. The Kier molecular flexibility index (Phi) is 3.38. The van der Waals surface area contributed by atoms with Gasteiger partial charge in [-0.05, 0) is 26.0 Å². The van der Waals surface area contributed by atoms with Gasteiger partial charge >= 0.3 is 0 Å². The molecule has 3 heteroatoms. The van der Waals surface area contributed by atoms with Crippen LogP contribution in [0.3, 0.4) is 0 Å². The Hall–Kier alpha value is -1.19. The minimum absolute atomic E-state index is 0.464. The van der Waals surface area contributed by atoms with Crippen molar-refractivity contribution in [1.29, 1.82) is 0 Å². The molecule has 2 unspecified atom stereocenters. The van der Waals surface area contributed by atoms with Crippen LogP contribution < -0.4 is 0 Å². The SMILES string of the molecule is CC=CC(O)C(C)(O)c1ccccn1. The van der Waals surface area contributed by atoms with Gasteiger partial charge in [0.1, 0.15) is 11.7 Å². The van der Waals surface area contributed by atoms with Crippen molar-refractivity contribution in [3.63, 3.8) is 0 Å². The zero-order valence-corrected chi connectivity index (χ0v) is 8.38. The maximum Gasteiger partial charge on any atom is 0.133 e. The van der Waals surface area contributed by atoms with E-state index in [9.17, 15) is 10.2 Å². The molecule has 0 aliphatic carbocycles. The first kappa shape index (κ1) is 10.9. The van der Waals surface area contributed by atoms with E-state index < -0.39 is 11.7 Å². The van der Waals surface area contributed by atoms with Gasteiger partial charge in [-0.25, -0.2) is 0 Å². The number of aliphatic hydroxyl groups excluding tert-OH is 1. The lowest BCUT2D eigenvalue weighted by molar-refractivity contribution is -0.0456. The van der Waals surface area contributed by atoms with Gasteiger partial charge in [0.25, 0.3) is 0 Å². The minimum atomic E-state index is -1.34. The second kappa shape index (κ2) is 4.35. The Labute approximate surface area is 83.7 Å². The van der Waals surface area contributed by atoms with E-state index in [0.717, 1.165) is 0 Å². The Bertz CT molecular complexity index is 306. The molecule has 0 bridgehead atoms. The van der Waals surface area contributed by atoms with Crippen LogP contribution in [-0.2, 0) is 5.60 Å². The molecule has 2 atom stereocenters. The van der Waals surface area contributed by atoms with Crippen LogP contribution in [0.15, 0.2) is 36.5 Å². The lowest BCUT2D eigenvalue weighted by Gasteiger charge is -2.26. The zero-order valence-electron chi connectivity index (χ0n) is 8.38. The predicted octanol–water partition coefficient (Wildman–Crippen LogP) is 1.23. The van der Waals surface area contributed by atoms with Gasteiger partial charge in [0, 0.05) is 6.20 Å². The Morgan fingerprint density at radius 3 is 2.71 bits per heavy atom. The van der Waals surface area contributed by atoms with E-state index in [1.165, 1.54) is 6.08 Å². The highest BCUT2D eigenvalue weighted by Gasteiger charge is 2.31. The molecule has 1 rings (SSSR count). The maximum atomic E-state index is 10.0. The quantitative estimate of drug-likeness (QED) is 0.710. The molecule has 0 spiro atoms. The van der Waals surface area contributed by atoms with E-state index >= 15 is 0 Å². The lowest BCUT2D eigenvalue weighted by atomic mass is 9.94. The molecule has 0 saturated heterocycles. The Morgan fingerprint density at radius 1 is 1.50 bits per heavy atom. The van der Waals surface area contributed by atoms with Crippen LogP contribution in [0.25, 0.3) is 0 Å². The molecule has 0 radical (unpaired) electrons. The summed E-state index contributed by atoms with van der Waals surface area (Å²) >= 11 is 0. The van der Waals surface area contributed by atoms with Gasteiger partial charge in [-0.3, -0.25) is 4.98 Å². The van der Waals surface area contributed by atoms with Crippen molar-refractivity contribution in [3.05, 3.63) is 42.2 Å². The second-order valence-corrected chi connectivity index (χ2v) is 3.33. The standard InChI is InChI=1S/C11H15NO2/c1-3-6-10(13)11(2,14)9-7-4-5-8-12-9/h3-8,10,13-14H,1-2H3. The lowest BCUT2D eigenvalue weighted by Crippen LogP contribution is -2.35. The number of pyridine rings is 1. The van der Waals surface area contributed by atoms with E-state index in [1.54, 1.807) is 44.3 Å². The number of aliphatic hydroxyl groups is 2. The molecule has 14 heavy (non-hydrogen) atoms. The van der Waals surface area contributed by atoms with Crippen molar-refractivity contribution in [2.75, 3.05) is 0 Å². The summed E-state index contributed by atoms with van der Waals surface area (Å²) < 4.78 is 0. The van der Waals surface area contributed by atoms with Gasteiger partial charge in [0.15, 0.2) is 0 Å². The number of allylic oxidation sites excluding steroid dienone is 1. The molecule has 0 aliphatic rings. The van der Waals surface area contributed by atoms with Gasteiger partial charge in [-0.1, -0.05) is 18.2 Å². The molecule has 1 aromatic rings. The third-order valence-corrected chi connectivity index (χ3v) is 2.13. The predicted molar refractivity (Wildman–Crippen MR) is 54.6 cm³/mol. The Balaban J connectivity index is 2.95. The molecule has 76 valence electrons. The molecule has 0 aliphatic heterocycles. The van der Waals surface area contributed by atoms with E-state index in [-0.39, 0.29) is 0 Å². The second-order valence-electron chi connectivity index (χ2n) is 3.33. The van der Waals surface area contributed by atoms with Crippen molar-refractivity contribution < 1.29 is 10.2 Å². The van der Waals surface area contributed by atoms with Gasteiger partial charge < -0.3 is 10.2 Å². The van der Waals surface area contributed by atoms with Crippen molar-refractivity contribution in [1.82, 2.24) is 4.98 Å². The smallest absolute Gasteiger partial charge is 0.133 e. The van der Waals surface area contributed by atoms with Crippen molar-refractivity contribution in [3.8, 4) is 0 Å². The van der Waals surface area contributed by atoms with Crippen LogP contribution in [0.2, 0.25) is 0 Å². The fourth-order valence-electron chi connectivity index (χ4n) is 1.18. The van der Waals surface area contributed by atoms with Crippen molar-refractivity contribution >= 4 is 0 Å². The number of rotatable bonds is 3. The Morgan fingerprint density at radius 2 is 2.21 bits per heavy atom. The monoisotopic (exact) mass is 193 g/mol. The first-order valence-electron chi connectivity index (χ1n) is 4.53. The zero-order chi connectivity index (χ0) is 10.6. The van der Waals surface area contributed by atoms with E-state index in [2.05, 4.69) is 4.98 Å². The molecular formula is C11H15NO2. The highest BCUT2D eigenvalue weighted by atomic mass is 16.3. The van der Waals surface area contributed by atoms with Crippen LogP contribution in [-0.4, -0.2) is 21.3 Å². The van der Waals surface area contributed by atoms with E-state index in [0.29, 0.717) is 5.69 Å². The largest absolute Gasteiger partial charge is 0.386 e. The first-order valence-corrected chi connectivity index (χ1v) is 4.53. The van der Waals surface area contributed by atoms with Crippen LogP contribution in [0, 0.1) is 0 Å². The third-order valence-electron chi connectivity index (χ3n) is 2.13. The van der Waals surface area contributed by atoms with Gasteiger partial charge in [0.05, 0.1) is 5.69 Å². The third kappa shape index (κ3) is 2.19. The molecular weight excluding hydrogens is 178 g/mol. The average Bonchev–Trinajstić information content (AvgIpc) is 2.19. The molecule has 1 aromatic heterocycles. The summed E-state index contributed by atoms with van der Waals surface area (Å²) in [6.07, 6.45) is 3.88. The van der Waals surface area contributed by atoms with Gasteiger partial charge in [0.2, 0.25) is 0 Å². The topological polar surface area (TPSA) is 53.4 Å². The molecule has 0 aromatic carbocycles. The summed E-state index contributed by atoms with van der Waals surface area (Å²) in [5.41, 5.74) is -0.876. The van der Waals surface area contributed by atoms with Crippen molar-refractivity contribution in [2.24, 2.45) is 0 Å². The molecule has 0 saturated carbocycles. The number of aromatic nitrogens is 1. The van der Waals surface area contributed by atoms with Crippen LogP contribution in [0.4, 0.5) is 0 Å². The summed E-state index contributed by atoms with van der Waals surface area (Å²) in [6, 6.07) is 5.23. The normalized spacial score (nSPS) is 18.0. The fraction of sp³-hybridized carbons (Fsp3) is 0.364. The minimum Gasteiger partial charge on any atom is -0.386 e. The van der Waals surface area contributed by atoms with Crippen molar-refractivity contribution in [2.45, 2.75) is 25.6 Å². The van der Waals surface area contributed by atoms with Crippen LogP contribution in [0.1, 0.15) is 19.5 Å². The summed E-state index contributed by atoms with van der Waals surface area (Å²) in [7, 11) is 0. The summed E-state index contributed by atoms with van der Waals surface area (Å²) in [5, 5.41) is 19.7. The van der Waals surface area contributed by atoms with Gasteiger partial charge in [-0.15, -0.1) is 0 Å². The molecule has 1 heterocycles. The van der Waals surface area contributed by atoms with Crippen LogP contribution in [0.5, 0.6) is 0 Å². The number of hydrogen-bond acceptors (Lipinski definition) is 3. The molecule has 0 amide bonds. The first-order chi connectivity index (χ1) is 6.59. The average molecular weight is 193 g/mol. The fourth-order valence-corrected chi connectivity index (χ4v) is 1.18.